The molecule has 1 atom stereocenters. The zero-order valence-electron chi connectivity index (χ0n) is 9.89. The van der Waals surface area contributed by atoms with Crippen molar-refractivity contribution in [3.05, 3.63) is 35.6 Å². The van der Waals surface area contributed by atoms with Gasteiger partial charge >= 0.3 is 0 Å². The monoisotopic (exact) mass is 239 g/mol. The molecule has 0 aliphatic carbocycles. The van der Waals surface area contributed by atoms with Crippen molar-refractivity contribution in [1.82, 2.24) is 5.32 Å². The van der Waals surface area contributed by atoms with Crippen LogP contribution in [0.3, 0.4) is 0 Å². The minimum Gasteiger partial charge on any atom is -0.461 e. The summed E-state index contributed by atoms with van der Waals surface area (Å²) in [7, 11) is 1.84. The van der Waals surface area contributed by atoms with E-state index in [1.54, 1.807) is 12.1 Å². The van der Waals surface area contributed by atoms with Gasteiger partial charge < -0.3 is 9.73 Å². The SMILES string of the molecule is CC[C@@H](Cc1ccc2occ(F)c2c1F)NC. The summed E-state index contributed by atoms with van der Waals surface area (Å²) in [4.78, 5) is 0. The quantitative estimate of drug-likeness (QED) is 0.886. The highest BCUT2D eigenvalue weighted by atomic mass is 19.1. The molecular weight excluding hydrogens is 224 g/mol. The molecule has 17 heavy (non-hydrogen) atoms. The van der Waals surface area contributed by atoms with Gasteiger partial charge in [0.05, 0.1) is 5.39 Å². The second-order valence-corrected chi connectivity index (χ2v) is 4.09. The van der Waals surface area contributed by atoms with Gasteiger partial charge in [-0.1, -0.05) is 13.0 Å². The topological polar surface area (TPSA) is 25.2 Å². The lowest BCUT2D eigenvalue weighted by molar-refractivity contribution is 0.523. The van der Waals surface area contributed by atoms with E-state index in [-0.39, 0.29) is 17.0 Å². The summed E-state index contributed by atoms with van der Waals surface area (Å²) in [5.41, 5.74) is 0.764. The summed E-state index contributed by atoms with van der Waals surface area (Å²) in [5, 5.41) is 3.05. The molecule has 2 rings (SSSR count). The number of hydrogen-bond acceptors (Lipinski definition) is 2. The molecule has 0 aliphatic rings. The van der Waals surface area contributed by atoms with Crippen LogP contribution >= 0.6 is 0 Å². The summed E-state index contributed by atoms with van der Waals surface area (Å²) >= 11 is 0. The first-order valence-corrected chi connectivity index (χ1v) is 5.68. The lowest BCUT2D eigenvalue weighted by Crippen LogP contribution is -2.26. The van der Waals surface area contributed by atoms with Crippen molar-refractivity contribution in [3.63, 3.8) is 0 Å². The second kappa shape index (κ2) is 4.84. The van der Waals surface area contributed by atoms with Gasteiger partial charge in [-0.3, -0.25) is 0 Å². The molecule has 2 nitrogen and oxygen atoms in total. The predicted octanol–water partition coefficient (Wildman–Crippen LogP) is 3.25. The fourth-order valence-electron chi connectivity index (χ4n) is 1.97. The van der Waals surface area contributed by atoms with Crippen LogP contribution in [-0.2, 0) is 6.42 Å². The smallest absolute Gasteiger partial charge is 0.172 e. The minimum absolute atomic E-state index is 0.0477. The van der Waals surface area contributed by atoms with E-state index in [2.05, 4.69) is 5.32 Å². The molecule has 0 spiro atoms. The molecule has 0 bridgehead atoms. The van der Waals surface area contributed by atoms with Gasteiger partial charge in [0.15, 0.2) is 5.82 Å². The summed E-state index contributed by atoms with van der Waals surface area (Å²) in [6, 6.07) is 3.46. The number of nitrogens with one attached hydrogen (secondary N) is 1. The highest BCUT2D eigenvalue weighted by molar-refractivity contribution is 5.79. The van der Waals surface area contributed by atoms with Crippen molar-refractivity contribution in [2.24, 2.45) is 0 Å². The number of rotatable bonds is 4. The Morgan fingerprint density at radius 1 is 1.35 bits per heavy atom. The number of likely N-dealkylation sites (N-methyl/N-ethyl adjacent to an activating group) is 1. The molecule has 0 saturated carbocycles. The first-order chi connectivity index (χ1) is 8.17. The molecule has 4 heteroatoms. The Balaban J connectivity index is 2.41. The average Bonchev–Trinajstić information content (AvgIpc) is 2.71. The Morgan fingerprint density at radius 3 is 2.76 bits per heavy atom. The van der Waals surface area contributed by atoms with Crippen molar-refractivity contribution in [1.29, 1.82) is 0 Å². The van der Waals surface area contributed by atoms with Crippen LogP contribution in [0.1, 0.15) is 18.9 Å². The van der Waals surface area contributed by atoms with Crippen molar-refractivity contribution in [2.75, 3.05) is 7.05 Å². The Hall–Kier alpha value is -1.42. The normalized spacial score (nSPS) is 13.2. The van der Waals surface area contributed by atoms with Crippen LogP contribution in [0.4, 0.5) is 8.78 Å². The van der Waals surface area contributed by atoms with Crippen molar-refractivity contribution in [2.45, 2.75) is 25.8 Å². The Kier molecular flexibility index (Phi) is 3.43. The van der Waals surface area contributed by atoms with E-state index in [9.17, 15) is 8.78 Å². The van der Waals surface area contributed by atoms with Gasteiger partial charge in [-0.2, -0.15) is 0 Å². The molecular formula is C13H15F2NO. The molecule has 0 saturated heterocycles. The van der Waals surface area contributed by atoms with E-state index in [1.807, 2.05) is 14.0 Å². The van der Waals surface area contributed by atoms with Crippen molar-refractivity contribution < 1.29 is 13.2 Å². The van der Waals surface area contributed by atoms with Crippen LogP contribution in [0, 0.1) is 11.6 Å². The third kappa shape index (κ3) is 2.17. The number of fused-ring (bicyclic) bond motifs is 1. The van der Waals surface area contributed by atoms with Crippen LogP contribution in [0.2, 0.25) is 0 Å². The first kappa shape index (κ1) is 12.0. The average molecular weight is 239 g/mol. The molecule has 0 aliphatic heterocycles. The molecule has 1 aromatic heterocycles. The van der Waals surface area contributed by atoms with Crippen molar-refractivity contribution in [3.8, 4) is 0 Å². The Labute approximate surface area is 98.6 Å². The van der Waals surface area contributed by atoms with Crippen LogP contribution in [-0.4, -0.2) is 13.1 Å². The molecule has 1 heterocycles. The maximum absolute atomic E-state index is 14.1. The largest absolute Gasteiger partial charge is 0.461 e. The third-order valence-electron chi connectivity index (χ3n) is 3.08. The summed E-state index contributed by atoms with van der Waals surface area (Å²) < 4.78 is 32.3. The maximum Gasteiger partial charge on any atom is 0.172 e. The molecule has 0 radical (unpaired) electrons. The maximum atomic E-state index is 14.1. The van der Waals surface area contributed by atoms with Gasteiger partial charge in [0.25, 0.3) is 0 Å². The van der Waals surface area contributed by atoms with Gasteiger partial charge in [-0.05, 0) is 31.5 Å². The van der Waals surface area contributed by atoms with Crippen molar-refractivity contribution >= 4 is 11.0 Å². The Morgan fingerprint density at radius 2 is 2.12 bits per heavy atom. The minimum atomic E-state index is -0.642. The molecule has 92 valence electrons. The highest BCUT2D eigenvalue weighted by Crippen LogP contribution is 2.26. The van der Waals surface area contributed by atoms with E-state index >= 15 is 0 Å². The predicted molar refractivity (Wildman–Crippen MR) is 63.0 cm³/mol. The fraction of sp³-hybridized carbons (Fsp3) is 0.385. The van der Waals surface area contributed by atoms with E-state index in [0.717, 1.165) is 12.7 Å². The van der Waals surface area contributed by atoms with Gasteiger partial charge in [0, 0.05) is 6.04 Å². The summed E-state index contributed by atoms with van der Waals surface area (Å²) in [5.74, 6) is -1.15. The first-order valence-electron chi connectivity index (χ1n) is 5.68. The fourth-order valence-corrected chi connectivity index (χ4v) is 1.97. The Bertz CT molecular complexity index is 517. The summed E-state index contributed by atoms with van der Waals surface area (Å²) in [6.45, 7) is 2.02. The van der Waals surface area contributed by atoms with E-state index < -0.39 is 11.6 Å². The second-order valence-electron chi connectivity index (χ2n) is 4.09. The number of halogens is 2. The molecule has 0 fully saturated rings. The standard InChI is InChI=1S/C13H15F2NO/c1-3-9(16-2)6-8-4-5-11-12(13(8)15)10(14)7-17-11/h4-5,7,9,16H,3,6H2,1-2H3/t9-/m0/s1. The number of hydrogen-bond donors (Lipinski definition) is 1. The van der Waals surface area contributed by atoms with Gasteiger partial charge in [0.1, 0.15) is 17.7 Å². The lowest BCUT2D eigenvalue weighted by atomic mass is 10.0. The third-order valence-corrected chi connectivity index (χ3v) is 3.08. The highest BCUT2D eigenvalue weighted by Gasteiger charge is 2.16. The van der Waals surface area contributed by atoms with Gasteiger partial charge in [-0.25, -0.2) is 8.78 Å². The van der Waals surface area contributed by atoms with E-state index in [4.69, 9.17) is 4.42 Å². The van der Waals surface area contributed by atoms with E-state index in [1.165, 1.54) is 0 Å². The molecule has 1 aromatic carbocycles. The molecule has 2 aromatic rings. The van der Waals surface area contributed by atoms with Crippen LogP contribution in [0.15, 0.2) is 22.8 Å². The number of benzene rings is 1. The molecule has 0 unspecified atom stereocenters. The molecule has 1 N–H and O–H groups in total. The zero-order chi connectivity index (χ0) is 12.4. The van der Waals surface area contributed by atoms with Crippen LogP contribution < -0.4 is 5.32 Å². The zero-order valence-corrected chi connectivity index (χ0v) is 9.89. The molecule has 0 amide bonds. The number of furan rings is 1. The van der Waals surface area contributed by atoms with Crippen LogP contribution in [0.25, 0.3) is 11.0 Å². The van der Waals surface area contributed by atoms with Gasteiger partial charge in [-0.15, -0.1) is 0 Å². The summed E-state index contributed by atoms with van der Waals surface area (Å²) in [6.07, 6.45) is 2.37. The van der Waals surface area contributed by atoms with E-state index in [0.29, 0.717) is 12.0 Å². The van der Waals surface area contributed by atoms with Crippen LogP contribution in [0.5, 0.6) is 0 Å². The lowest BCUT2D eigenvalue weighted by Gasteiger charge is -2.14. The van der Waals surface area contributed by atoms with Gasteiger partial charge in [0.2, 0.25) is 0 Å².